The van der Waals surface area contributed by atoms with Gasteiger partial charge >= 0.3 is 0 Å². The van der Waals surface area contributed by atoms with Crippen LogP contribution in [0.4, 0.5) is 10.8 Å². The van der Waals surface area contributed by atoms with Gasteiger partial charge in [-0.25, -0.2) is 4.98 Å². The maximum atomic E-state index is 12.4. The van der Waals surface area contributed by atoms with E-state index in [4.69, 9.17) is 11.6 Å². The van der Waals surface area contributed by atoms with E-state index in [1.54, 1.807) is 35.7 Å². The summed E-state index contributed by atoms with van der Waals surface area (Å²) in [5.74, 6) is -0.759. The molecule has 1 aliphatic carbocycles. The fourth-order valence-corrected chi connectivity index (χ4v) is 4.18. The van der Waals surface area contributed by atoms with E-state index in [-0.39, 0.29) is 30.2 Å². The number of carbonyl (C=O) groups excluding carboxylic acids is 3. The zero-order chi connectivity index (χ0) is 21.1. The van der Waals surface area contributed by atoms with Crippen LogP contribution in [-0.4, -0.2) is 28.7 Å². The molecule has 10 heteroatoms. The molecule has 3 amide bonds. The minimum atomic E-state index is -0.285. The molecule has 7 nitrogen and oxygen atoms in total. The third-order valence-corrected chi connectivity index (χ3v) is 6.27. The molecule has 0 aliphatic heterocycles. The molecule has 1 saturated carbocycles. The van der Waals surface area contributed by atoms with Crippen molar-refractivity contribution in [2.75, 3.05) is 10.6 Å². The Morgan fingerprint density at radius 1 is 1.10 bits per heavy atom. The quantitative estimate of drug-likeness (QED) is 0.492. The molecule has 0 atom stereocenters. The average Bonchev–Trinajstić information content (AvgIpc) is 3.17. The molecule has 30 heavy (non-hydrogen) atoms. The number of nitrogens with zero attached hydrogens (tertiary/aromatic N) is 1. The Morgan fingerprint density at radius 3 is 2.67 bits per heavy atom. The first-order chi connectivity index (χ1) is 14.5. The normalized spacial score (nSPS) is 13.0. The van der Waals surface area contributed by atoms with Crippen LogP contribution in [0.15, 0.2) is 41.1 Å². The van der Waals surface area contributed by atoms with Crippen molar-refractivity contribution in [2.45, 2.75) is 25.3 Å². The Balaban J connectivity index is 1.35. The van der Waals surface area contributed by atoms with Gasteiger partial charge in [-0.2, -0.15) is 0 Å². The Hall–Kier alpha value is -2.75. The molecule has 3 N–H and O–H groups in total. The van der Waals surface area contributed by atoms with Gasteiger partial charge in [0.1, 0.15) is 0 Å². The molecule has 3 aromatic rings. The second-order valence-corrected chi connectivity index (χ2v) is 8.96. The highest BCUT2D eigenvalue weighted by Crippen LogP contribution is 2.24. The summed E-state index contributed by atoms with van der Waals surface area (Å²) in [6.07, 6.45) is 1.99. The standard InChI is InChI=1S/C20H17ClN4O3S2/c21-15-6-5-12(8-14(15)18(27)23-11-3-4-11)22-17(26)9-13-10-30-20(24-13)25-19(28)16-2-1-7-29-16/h1-2,5-8,10-11H,3-4,9H2,(H,22,26)(H,23,27)(H,24,25,28). The first kappa shape index (κ1) is 20.5. The molecule has 1 fully saturated rings. The largest absolute Gasteiger partial charge is 0.349 e. The van der Waals surface area contributed by atoms with Crippen molar-refractivity contribution < 1.29 is 14.4 Å². The highest BCUT2D eigenvalue weighted by atomic mass is 35.5. The van der Waals surface area contributed by atoms with Crippen molar-refractivity contribution in [3.8, 4) is 0 Å². The first-order valence-electron chi connectivity index (χ1n) is 9.17. The van der Waals surface area contributed by atoms with Crippen molar-refractivity contribution >= 4 is 62.8 Å². The molecule has 4 rings (SSSR count). The predicted molar refractivity (Wildman–Crippen MR) is 119 cm³/mol. The van der Waals surface area contributed by atoms with Gasteiger partial charge in [-0.15, -0.1) is 22.7 Å². The van der Waals surface area contributed by atoms with Gasteiger partial charge in [0, 0.05) is 17.1 Å². The number of hydrogen-bond donors (Lipinski definition) is 3. The van der Waals surface area contributed by atoms with Crippen molar-refractivity contribution in [3.63, 3.8) is 0 Å². The summed E-state index contributed by atoms with van der Waals surface area (Å²) in [7, 11) is 0. The molecule has 0 spiro atoms. The number of rotatable bonds is 7. The van der Waals surface area contributed by atoms with Crippen LogP contribution >= 0.6 is 34.3 Å². The summed E-state index contributed by atoms with van der Waals surface area (Å²) >= 11 is 8.72. The van der Waals surface area contributed by atoms with Crippen LogP contribution in [-0.2, 0) is 11.2 Å². The lowest BCUT2D eigenvalue weighted by atomic mass is 10.1. The van der Waals surface area contributed by atoms with Crippen LogP contribution < -0.4 is 16.0 Å². The maximum Gasteiger partial charge on any atom is 0.267 e. The Bertz CT molecular complexity index is 1090. The summed E-state index contributed by atoms with van der Waals surface area (Å²) in [5.41, 5.74) is 1.35. The molecule has 0 unspecified atom stereocenters. The summed E-state index contributed by atoms with van der Waals surface area (Å²) in [5, 5.41) is 12.7. The van der Waals surface area contributed by atoms with Crippen LogP contribution in [0.1, 0.15) is 38.6 Å². The van der Waals surface area contributed by atoms with Gasteiger partial charge in [0.05, 0.1) is 27.6 Å². The molecule has 2 aromatic heterocycles. The second-order valence-electron chi connectivity index (χ2n) is 6.74. The van der Waals surface area contributed by atoms with Crippen LogP contribution in [0.3, 0.4) is 0 Å². The van der Waals surface area contributed by atoms with E-state index in [0.29, 0.717) is 32.0 Å². The van der Waals surface area contributed by atoms with Crippen molar-refractivity contribution in [2.24, 2.45) is 0 Å². The zero-order valence-electron chi connectivity index (χ0n) is 15.6. The molecule has 0 saturated heterocycles. The molecule has 1 aliphatic rings. The van der Waals surface area contributed by atoms with Gasteiger partial charge in [0.25, 0.3) is 11.8 Å². The minimum Gasteiger partial charge on any atom is -0.349 e. The van der Waals surface area contributed by atoms with Crippen LogP contribution in [0.5, 0.6) is 0 Å². The van der Waals surface area contributed by atoms with Gasteiger partial charge in [-0.1, -0.05) is 17.7 Å². The summed E-state index contributed by atoms with van der Waals surface area (Å²) in [6.45, 7) is 0. The van der Waals surface area contributed by atoms with Crippen LogP contribution in [0.25, 0.3) is 0 Å². The number of thiazole rings is 1. The van der Waals surface area contributed by atoms with Crippen molar-refractivity contribution in [1.29, 1.82) is 0 Å². The Kier molecular flexibility index (Phi) is 6.12. The number of benzene rings is 1. The molecular weight excluding hydrogens is 444 g/mol. The summed E-state index contributed by atoms with van der Waals surface area (Å²) in [4.78, 5) is 41.6. The lowest BCUT2D eigenvalue weighted by Crippen LogP contribution is -2.26. The van der Waals surface area contributed by atoms with E-state index in [0.717, 1.165) is 12.8 Å². The first-order valence-corrected chi connectivity index (χ1v) is 11.3. The number of anilines is 2. The number of nitrogens with one attached hydrogen (secondary N) is 3. The van der Waals surface area contributed by atoms with Crippen molar-refractivity contribution in [3.05, 3.63) is 62.2 Å². The van der Waals surface area contributed by atoms with E-state index in [9.17, 15) is 14.4 Å². The topological polar surface area (TPSA) is 100 Å². The minimum absolute atomic E-state index is 0.0393. The highest BCUT2D eigenvalue weighted by molar-refractivity contribution is 7.14. The Morgan fingerprint density at radius 2 is 1.93 bits per heavy atom. The maximum absolute atomic E-state index is 12.4. The second kappa shape index (κ2) is 8.95. The number of amides is 3. The number of hydrogen-bond acceptors (Lipinski definition) is 6. The van der Waals surface area contributed by atoms with Crippen molar-refractivity contribution in [1.82, 2.24) is 10.3 Å². The van der Waals surface area contributed by atoms with Gasteiger partial charge in [0.2, 0.25) is 5.91 Å². The summed E-state index contributed by atoms with van der Waals surface area (Å²) < 4.78 is 0. The number of halogens is 1. The van der Waals surface area contributed by atoms with E-state index in [1.807, 2.05) is 5.38 Å². The summed E-state index contributed by atoms with van der Waals surface area (Å²) in [6, 6.07) is 8.53. The van der Waals surface area contributed by atoms with E-state index in [1.165, 1.54) is 22.7 Å². The SMILES string of the molecule is O=C(Cc1csc(NC(=O)c2cccs2)n1)Nc1ccc(Cl)c(C(=O)NC2CC2)c1. The lowest BCUT2D eigenvalue weighted by molar-refractivity contribution is -0.115. The molecular formula is C20H17ClN4O3S2. The zero-order valence-corrected chi connectivity index (χ0v) is 18.0. The van der Waals surface area contributed by atoms with Crippen LogP contribution in [0.2, 0.25) is 5.02 Å². The van der Waals surface area contributed by atoms with Gasteiger partial charge in [0.15, 0.2) is 5.13 Å². The average molecular weight is 461 g/mol. The molecule has 2 heterocycles. The fraction of sp³-hybridized carbons (Fsp3) is 0.200. The van der Waals surface area contributed by atoms with Gasteiger partial charge in [-0.05, 0) is 42.5 Å². The molecule has 0 bridgehead atoms. The third kappa shape index (κ3) is 5.24. The van der Waals surface area contributed by atoms with Gasteiger partial charge in [-0.3, -0.25) is 19.7 Å². The third-order valence-electron chi connectivity index (χ3n) is 4.27. The smallest absolute Gasteiger partial charge is 0.267 e. The van der Waals surface area contributed by atoms with E-state index in [2.05, 4.69) is 20.9 Å². The predicted octanol–water partition coefficient (Wildman–Crippen LogP) is 4.18. The number of carbonyl (C=O) groups is 3. The fourth-order valence-electron chi connectivity index (χ4n) is 2.65. The lowest BCUT2D eigenvalue weighted by Gasteiger charge is -2.09. The number of thiophene rings is 1. The van der Waals surface area contributed by atoms with Gasteiger partial charge < -0.3 is 10.6 Å². The highest BCUT2D eigenvalue weighted by Gasteiger charge is 2.25. The molecule has 0 radical (unpaired) electrons. The Labute approximate surface area is 185 Å². The van der Waals surface area contributed by atoms with Crippen LogP contribution in [0, 0.1) is 0 Å². The molecule has 1 aromatic carbocycles. The molecule has 154 valence electrons. The van der Waals surface area contributed by atoms with E-state index < -0.39 is 0 Å². The monoisotopic (exact) mass is 460 g/mol. The van der Waals surface area contributed by atoms with E-state index >= 15 is 0 Å². The number of aromatic nitrogens is 1.